The molecule has 702 valence electrons. The Hall–Kier alpha value is -14.8. The van der Waals surface area contributed by atoms with E-state index in [1.165, 1.54) is 0 Å². The highest BCUT2D eigenvalue weighted by Gasteiger charge is 2.32. The van der Waals surface area contributed by atoms with Crippen LogP contribution in [0.5, 0.6) is 0 Å². The van der Waals surface area contributed by atoms with Gasteiger partial charge in [0.2, 0.25) is 0 Å². The predicted octanol–water partition coefficient (Wildman–Crippen LogP) is 27.4. The maximum Gasteiger partial charge on any atom is 0.412 e. The zero-order chi connectivity index (χ0) is 98.2. The number of carbonyl (C=O) groups excluding carboxylic acids is 6. The van der Waals surface area contributed by atoms with E-state index in [1.54, 1.807) is 139 Å². The lowest BCUT2D eigenvalue weighted by Gasteiger charge is -2.25. The Morgan fingerprint density at radius 1 is 0.215 bits per heavy atom. The van der Waals surface area contributed by atoms with Crippen molar-refractivity contribution in [1.82, 2.24) is 45.0 Å². The number of nitrogens with one attached hydrogen (secondary N) is 6. The molecular weight excluding hydrogens is 1700 g/mol. The molecular formula is C108H123N15O12. The van der Waals surface area contributed by atoms with E-state index in [4.69, 9.17) is 59.4 Å². The summed E-state index contributed by atoms with van der Waals surface area (Å²) in [5.41, 5.74) is 14.5. The number of hydrogen-bond acceptors (Lipinski definition) is 18. The molecule has 13 aromatic rings. The molecule has 27 heteroatoms. The molecule has 0 fully saturated rings. The Balaban J connectivity index is 1.04. The maximum absolute atomic E-state index is 13.3. The molecule has 0 aliphatic carbocycles. The van der Waals surface area contributed by atoms with Crippen LogP contribution in [0, 0.1) is 0 Å². The van der Waals surface area contributed by atoms with Crippen LogP contribution in [-0.2, 0) is 44.7 Å². The third kappa shape index (κ3) is 25.8. The van der Waals surface area contributed by atoms with Gasteiger partial charge in [-0.05, 0) is 318 Å². The average molecular weight is 1820 g/mol. The Kier molecular flexibility index (Phi) is 27.3. The number of aromatic nitrogens is 9. The average Bonchev–Trinajstić information content (AvgIpc) is 1.75. The van der Waals surface area contributed by atoms with Gasteiger partial charge < -0.3 is 28.4 Å². The van der Waals surface area contributed by atoms with Gasteiger partial charge in [-0.2, -0.15) is 0 Å². The smallest absolute Gasteiger partial charge is 0.412 e. The van der Waals surface area contributed by atoms with E-state index in [9.17, 15) is 28.8 Å². The Bertz CT molecular complexity index is 5640. The molecule has 27 nitrogen and oxygen atoms in total. The maximum atomic E-state index is 13.3. The summed E-state index contributed by atoms with van der Waals surface area (Å²) in [7, 11) is 0. The van der Waals surface area contributed by atoms with Crippen LogP contribution in [-0.4, -0.2) is 115 Å². The van der Waals surface area contributed by atoms with Gasteiger partial charge >= 0.3 is 36.6 Å². The van der Waals surface area contributed by atoms with Gasteiger partial charge in [0.1, 0.15) is 50.7 Å². The number of carbonyl (C=O) groups is 6. The minimum absolute atomic E-state index is 0.409. The van der Waals surface area contributed by atoms with Crippen molar-refractivity contribution in [2.45, 2.75) is 237 Å². The second kappa shape index (κ2) is 37.7. The van der Waals surface area contributed by atoms with Gasteiger partial charge in [0, 0.05) is 84.2 Å². The van der Waals surface area contributed by atoms with Crippen LogP contribution in [0.3, 0.4) is 0 Å². The van der Waals surface area contributed by atoms with Crippen molar-refractivity contribution in [3.8, 4) is 118 Å². The molecule has 3 heterocycles. The summed E-state index contributed by atoms with van der Waals surface area (Å²) in [5.74, 6) is 0. The van der Waals surface area contributed by atoms with E-state index in [-0.39, 0.29) is 0 Å². The molecule has 0 saturated heterocycles. The number of nitrogens with zero attached hydrogens (tertiary/aromatic N) is 9. The second-order valence-corrected chi connectivity index (χ2v) is 42.7. The van der Waals surface area contributed by atoms with Crippen LogP contribution >= 0.6 is 0 Å². The summed E-state index contributed by atoms with van der Waals surface area (Å²) >= 11 is 0. The van der Waals surface area contributed by atoms with E-state index >= 15 is 0 Å². The molecule has 6 amide bonds. The van der Waals surface area contributed by atoms with Gasteiger partial charge in [0.05, 0.1) is 35.7 Å². The number of hydrogen-bond donors (Lipinski definition) is 6. The van der Waals surface area contributed by atoms with Gasteiger partial charge in [-0.15, -0.1) is 15.3 Å². The molecule has 13 rings (SSSR count). The van der Waals surface area contributed by atoms with E-state index in [0.29, 0.717) is 85.0 Å². The number of amides is 6. The third-order valence-electron chi connectivity index (χ3n) is 21.0. The van der Waals surface area contributed by atoms with Crippen molar-refractivity contribution >= 4 is 70.7 Å². The van der Waals surface area contributed by atoms with Gasteiger partial charge in [-0.1, -0.05) is 151 Å². The van der Waals surface area contributed by atoms with E-state index in [0.717, 1.165) is 83.5 Å². The Morgan fingerprint density at radius 2 is 0.363 bits per heavy atom. The molecule has 0 atom stereocenters. The fraction of sp³-hybridized carbons (Fsp3) is 0.333. The van der Waals surface area contributed by atoms with E-state index in [1.807, 2.05) is 182 Å². The van der Waals surface area contributed by atoms with Crippen molar-refractivity contribution in [2.24, 2.45) is 0 Å². The van der Waals surface area contributed by atoms with E-state index in [2.05, 4.69) is 131 Å². The van der Waals surface area contributed by atoms with E-state index < -0.39 is 86.4 Å². The Labute approximate surface area is 790 Å². The normalized spacial score (nSPS) is 12.3. The zero-order valence-electron chi connectivity index (χ0n) is 82.2. The molecule has 0 bridgehead atoms. The van der Waals surface area contributed by atoms with Crippen molar-refractivity contribution in [2.75, 3.05) is 31.9 Å². The lowest BCUT2D eigenvalue weighted by molar-refractivity contribution is 0.0624. The molecule has 6 N–H and O–H groups in total. The van der Waals surface area contributed by atoms with Gasteiger partial charge in [0.15, 0.2) is 0 Å². The number of anilines is 6. The number of ether oxygens (including phenoxy) is 6. The largest absolute Gasteiger partial charge is 0.444 e. The standard InChI is InChI=1S/C108H123N15O12/c1-100(2,3)73-55-82(64-28-40-76(41-29-64)109-94(124)130-103(10,11)12)91(83(56-73)65-30-42-77(43-31-65)110-95(125)131-104(13,14)15)121-61-88(115-118-121)70-52-71(89-62-122(119-116-89)92-84(66-32-44-78(45-33-66)111-96(126)132-105(16,17)18)57-74(101(4,5)6)58-85(92)67-34-46-79(47-35-67)112-97(127)133-106(19,20)21)54-72(53-70)90-63-123(120-117-90)93-86(68-36-48-80(49-37-68)113-98(128)134-107(22,23)24)59-75(102(7,8)9)60-87(93)69-38-50-81(51-39-69)114-99(129)135-108(25,26)27/h28-63H,1-27H3,(H,109,124)(H,110,125)(H,111,126)(H,112,127)(H,113,128)(H,114,129). The van der Waals surface area contributed by atoms with Crippen molar-refractivity contribution in [1.29, 1.82) is 0 Å². The SMILES string of the molecule is CC(C)(C)OC(=O)Nc1ccc(-c2cc(C(C)(C)C)cc(-c3ccc(NC(=O)OC(C)(C)C)cc3)c2-n2cc(-c3cc(-c4cn(-c5c(-c6ccc(NC(=O)OC(C)(C)C)cc6)cc(C(C)(C)C)cc5-c5ccc(NC(=O)OC(C)(C)C)cc5)nn4)cc(-c4cn(-c5c(-c6ccc(NC(=O)OC(C)(C)C)cc6)cc(C(C)(C)C)cc5-c5ccc(NC(=O)OC(C)(C)C)cc5)nn4)c3)nn2)cc1. The summed E-state index contributed by atoms with van der Waals surface area (Å²) < 4.78 is 39.3. The molecule has 0 unspecified atom stereocenters. The molecule has 0 aliphatic heterocycles. The topological polar surface area (TPSA) is 322 Å². The van der Waals surface area contributed by atoms with Crippen molar-refractivity contribution < 1.29 is 57.2 Å². The summed E-state index contributed by atoms with van der Waals surface area (Å²) in [6.07, 6.45) is 2.01. The summed E-state index contributed by atoms with van der Waals surface area (Å²) in [4.78, 5) is 79.6. The summed E-state index contributed by atoms with van der Waals surface area (Å²) in [6, 6.07) is 64.0. The van der Waals surface area contributed by atoms with Crippen molar-refractivity contribution in [3.63, 3.8) is 0 Å². The Morgan fingerprint density at radius 3 is 0.496 bits per heavy atom. The quantitative estimate of drug-likeness (QED) is 0.0435. The molecule has 3 aromatic heterocycles. The van der Waals surface area contributed by atoms with Gasteiger partial charge in [0.25, 0.3) is 0 Å². The molecule has 0 aliphatic rings. The third-order valence-corrected chi connectivity index (χ3v) is 21.0. The fourth-order valence-corrected chi connectivity index (χ4v) is 14.8. The van der Waals surface area contributed by atoms with Crippen LogP contribution in [0.1, 0.15) is 204 Å². The first-order chi connectivity index (χ1) is 62.8. The minimum atomic E-state index is -0.747. The molecule has 0 spiro atoms. The fourth-order valence-electron chi connectivity index (χ4n) is 14.8. The lowest BCUT2D eigenvalue weighted by atomic mass is 9.82. The van der Waals surface area contributed by atoms with Crippen LogP contribution < -0.4 is 31.9 Å². The predicted molar refractivity (Wildman–Crippen MR) is 535 cm³/mol. The highest BCUT2D eigenvalue weighted by atomic mass is 16.6. The molecule has 135 heavy (non-hydrogen) atoms. The van der Waals surface area contributed by atoms with Gasteiger partial charge in [-0.25, -0.2) is 42.8 Å². The van der Waals surface area contributed by atoms with Gasteiger partial charge in [-0.3, -0.25) is 31.9 Å². The van der Waals surface area contributed by atoms with Crippen LogP contribution in [0.2, 0.25) is 0 Å². The highest BCUT2D eigenvalue weighted by Crippen LogP contribution is 2.47. The number of rotatable bonds is 18. The first-order valence-electron chi connectivity index (χ1n) is 45.0. The van der Waals surface area contributed by atoms with Crippen LogP contribution in [0.15, 0.2) is 219 Å². The molecule has 0 radical (unpaired) electrons. The first kappa shape index (κ1) is 97.8. The monoisotopic (exact) mass is 1820 g/mol. The zero-order valence-corrected chi connectivity index (χ0v) is 82.2. The highest BCUT2D eigenvalue weighted by molar-refractivity contribution is 5.95. The lowest BCUT2D eigenvalue weighted by Crippen LogP contribution is -2.27. The summed E-state index contributed by atoms with van der Waals surface area (Å²) in [5, 5.41) is 47.9. The van der Waals surface area contributed by atoms with Crippen LogP contribution in [0.4, 0.5) is 62.9 Å². The van der Waals surface area contributed by atoms with Crippen molar-refractivity contribution in [3.05, 3.63) is 235 Å². The second-order valence-electron chi connectivity index (χ2n) is 42.7. The van der Waals surface area contributed by atoms with Crippen LogP contribution in [0.25, 0.3) is 118 Å². The first-order valence-corrected chi connectivity index (χ1v) is 45.0. The molecule has 0 saturated carbocycles. The minimum Gasteiger partial charge on any atom is -0.444 e. The molecule has 10 aromatic carbocycles. The summed E-state index contributed by atoms with van der Waals surface area (Å²) in [6.45, 7) is 51.8. The number of benzene rings is 10.